The molecule has 174 valence electrons. The lowest BCUT2D eigenvalue weighted by Gasteiger charge is -2.45. The smallest absolute Gasteiger partial charge is 0.251 e. The van der Waals surface area contributed by atoms with Gasteiger partial charge in [-0.25, -0.2) is 0 Å². The molecule has 0 saturated carbocycles. The van der Waals surface area contributed by atoms with Crippen LogP contribution in [0, 0.1) is 0 Å². The van der Waals surface area contributed by atoms with Gasteiger partial charge in [-0.15, -0.1) is 0 Å². The molecule has 0 aliphatic heterocycles. The molecule has 1 aliphatic rings. The van der Waals surface area contributed by atoms with E-state index in [-0.39, 0.29) is 12.3 Å². The summed E-state index contributed by atoms with van der Waals surface area (Å²) in [6.07, 6.45) is 2.68. The van der Waals surface area contributed by atoms with Crippen molar-refractivity contribution in [1.29, 1.82) is 0 Å². The van der Waals surface area contributed by atoms with Crippen LogP contribution in [0.25, 0.3) is 0 Å². The molecular weight excluding hydrogens is 420 g/mol. The molecule has 33 heavy (non-hydrogen) atoms. The molecule has 0 bridgehead atoms. The van der Waals surface area contributed by atoms with Crippen molar-refractivity contribution in [3.05, 3.63) is 95.3 Å². The average molecular weight is 451 g/mol. The van der Waals surface area contributed by atoms with Crippen molar-refractivity contribution in [2.75, 3.05) is 34.9 Å². The van der Waals surface area contributed by atoms with Gasteiger partial charge in [0, 0.05) is 18.2 Å². The molecule has 0 fully saturated rings. The number of Topliss-reactive ketones (excluding diaryl/α,β-unsaturated/α-hetero) is 1. The third-order valence-corrected chi connectivity index (χ3v) is 5.56. The second-order valence-electron chi connectivity index (χ2n) is 7.83. The number of amides is 1. The molecule has 0 radical (unpaired) electrons. The van der Waals surface area contributed by atoms with Crippen molar-refractivity contribution < 1.29 is 23.8 Å². The molecular formula is C26H30N2O5. The first-order valence-corrected chi connectivity index (χ1v) is 10.6. The third-order valence-electron chi connectivity index (χ3n) is 5.56. The Morgan fingerprint density at radius 1 is 1.00 bits per heavy atom. The Morgan fingerprint density at radius 3 is 2.21 bits per heavy atom. The van der Waals surface area contributed by atoms with E-state index in [2.05, 4.69) is 5.32 Å². The number of hydrogen-bond acceptors (Lipinski definition) is 6. The van der Waals surface area contributed by atoms with Gasteiger partial charge in [0.05, 0.1) is 20.3 Å². The van der Waals surface area contributed by atoms with Crippen molar-refractivity contribution in [2.24, 2.45) is 0 Å². The fraction of sp³-hybridized carbons (Fsp3) is 0.308. The summed E-state index contributed by atoms with van der Waals surface area (Å²) < 4.78 is 17.8. The standard InChI is InChI=1S/C26H30N2O5/c1-28(2)26(33-18-19-11-7-5-8-12-19)23(31-3)15-21(16-24(26)32-4)25(30)27-17-22(29)20-13-9-6-10-14-20/h5-16,23H,17-18H2,1-4H3,(H,27,30). The maximum atomic E-state index is 12.9. The predicted octanol–water partition coefficient (Wildman–Crippen LogP) is 2.95. The van der Waals surface area contributed by atoms with Gasteiger partial charge in [-0.1, -0.05) is 60.7 Å². The van der Waals surface area contributed by atoms with Gasteiger partial charge in [0.15, 0.2) is 5.78 Å². The Bertz CT molecular complexity index is 1020. The Hall–Kier alpha value is -3.26. The van der Waals surface area contributed by atoms with Gasteiger partial charge < -0.3 is 19.5 Å². The highest BCUT2D eigenvalue weighted by atomic mass is 16.6. The number of methoxy groups -OCH3 is 2. The number of nitrogens with zero attached hydrogens (tertiary/aromatic N) is 1. The van der Waals surface area contributed by atoms with E-state index >= 15 is 0 Å². The van der Waals surface area contributed by atoms with Gasteiger partial charge in [-0.3, -0.25) is 14.5 Å². The number of carbonyl (C=O) groups excluding carboxylic acids is 2. The monoisotopic (exact) mass is 450 g/mol. The fourth-order valence-electron chi connectivity index (χ4n) is 3.80. The van der Waals surface area contributed by atoms with Gasteiger partial charge in [0.1, 0.15) is 11.9 Å². The zero-order valence-corrected chi connectivity index (χ0v) is 19.4. The zero-order valence-electron chi connectivity index (χ0n) is 19.4. The first kappa shape index (κ1) is 24.4. The number of rotatable bonds is 10. The van der Waals surface area contributed by atoms with E-state index in [0.29, 0.717) is 23.5 Å². The van der Waals surface area contributed by atoms with E-state index in [1.807, 2.05) is 55.4 Å². The Labute approximate surface area is 194 Å². The minimum atomic E-state index is -1.08. The Morgan fingerprint density at radius 2 is 1.64 bits per heavy atom. The van der Waals surface area contributed by atoms with E-state index < -0.39 is 17.7 Å². The molecule has 3 rings (SSSR count). The molecule has 0 saturated heterocycles. The minimum Gasteiger partial charge on any atom is -0.496 e. The highest BCUT2D eigenvalue weighted by Crippen LogP contribution is 2.37. The summed E-state index contributed by atoms with van der Waals surface area (Å²) in [6, 6.07) is 18.6. The van der Waals surface area contributed by atoms with Crippen molar-refractivity contribution in [3.63, 3.8) is 0 Å². The second kappa shape index (κ2) is 11.0. The van der Waals surface area contributed by atoms with Crippen molar-refractivity contribution in [1.82, 2.24) is 10.2 Å². The number of likely N-dealkylation sites (N-methyl/N-ethyl adjacent to an activating group) is 1. The topological polar surface area (TPSA) is 77.1 Å². The van der Waals surface area contributed by atoms with Crippen LogP contribution in [0.1, 0.15) is 15.9 Å². The fourth-order valence-corrected chi connectivity index (χ4v) is 3.80. The summed E-state index contributed by atoms with van der Waals surface area (Å²) in [4.78, 5) is 27.1. The average Bonchev–Trinajstić information content (AvgIpc) is 2.86. The van der Waals surface area contributed by atoms with Crippen molar-refractivity contribution in [3.8, 4) is 0 Å². The summed E-state index contributed by atoms with van der Waals surface area (Å²) in [6.45, 7) is 0.206. The summed E-state index contributed by atoms with van der Waals surface area (Å²) in [5, 5.41) is 2.69. The summed E-state index contributed by atoms with van der Waals surface area (Å²) in [7, 11) is 6.81. The van der Waals surface area contributed by atoms with Crippen molar-refractivity contribution >= 4 is 11.7 Å². The quantitative estimate of drug-likeness (QED) is 0.443. The van der Waals surface area contributed by atoms with Gasteiger partial charge >= 0.3 is 0 Å². The molecule has 1 N–H and O–H groups in total. The molecule has 0 spiro atoms. The minimum absolute atomic E-state index is 0.114. The predicted molar refractivity (Wildman–Crippen MR) is 125 cm³/mol. The molecule has 0 aromatic heterocycles. The largest absolute Gasteiger partial charge is 0.496 e. The van der Waals surface area contributed by atoms with Crippen LogP contribution in [0.4, 0.5) is 0 Å². The molecule has 7 heteroatoms. The summed E-state index contributed by atoms with van der Waals surface area (Å²) in [5.41, 5.74) is 0.791. The molecule has 7 nitrogen and oxygen atoms in total. The summed E-state index contributed by atoms with van der Waals surface area (Å²) in [5.74, 6) is -0.142. The maximum absolute atomic E-state index is 12.9. The maximum Gasteiger partial charge on any atom is 0.251 e. The molecule has 2 aromatic carbocycles. The lowest BCUT2D eigenvalue weighted by Crippen LogP contribution is -2.59. The van der Waals surface area contributed by atoms with Crippen LogP contribution in [0.3, 0.4) is 0 Å². The van der Waals surface area contributed by atoms with E-state index in [9.17, 15) is 9.59 Å². The first-order valence-electron chi connectivity index (χ1n) is 10.6. The van der Waals surface area contributed by atoms with Crippen LogP contribution in [-0.2, 0) is 25.6 Å². The van der Waals surface area contributed by atoms with Crippen LogP contribution in [0.15, 0.2) is 84.1 Å². The molecule has 2 unspecified atom stereocenters. The molecule has 1 aliphatic carbocycles. The first-order chi connectivity index (χ1) is 15.9. The molecule has 2 aromatic rings. The number of ketones is 1. The number of carbonyl (C=O) groups is 2. The third kappa shape index (κ3) is 5.39. The normalized spacial score (nSPS) is 20.1. The van der Waals surface area contributed by atoms with Crippen LogP contribution in [0.5, 0.6) is 0 Å². The van der Waals surface area contributed by atoms with E-state index in [1.165, 1.54) is 7.11 Å². The SMILES string of the molecule is COC1=CC(C(=O)NCC(=O)c2ccccc2)=CC(OC)C1(OCc1ccccc1)N(C)C. The van der Waals surface area contributed by atoms with E-state index in [0.717, 1.165) is 5.56 Å². The Balaban J connectivity index is 1.80. The van der Waals surface area contributed by atoms with Gasteiger partial charge in [-0.05, 0) is 31.8 Å². The van der Waals surface area contributed by atoms with Gasteiger partial charge in [0.25, 0.3) is 5.91 Å². The lowest BCUT2D eigenvalue weighted by atomic mass is 9.92. The van der Waals surface area contributed by atoms with Gasteiger partial charge in [-0.2, -0.15) is 0 Å². The van der Waals surface area contributed by atoms with Gasteiger partial charge in [0.2, 0.25) is 5.72 Å². The van der Waals surface area contributed by atoms with Crippen LogP contribution in [0.2, 0.25) is 0 Å². The van der Waals surface area contributed by atoms with Crippen LogP contribution >= 0.6 is 0 Å². The zero-order chi connectivity index (χ0) is 23.8. The molecule has 1 amide bonds. The lowest BCUT2D eigenvalue weighted by molar-refractivity contribution is -0.197. The number of hydrogen-bond donors (Lipinski definition) is 1. The molecule has 0 heterocycles. The van der Waals surface area contributed by atoms with Crippen molar-refractivity contribution in [2.45, 2.75) is 18.4 Å². The highest BCUT2D eigenvalue weighted by Gasteiger charge is 2.49. The van der Waals surface area contributed by atoms with Crippen LogP contribution in [-0.4, -0.2) is 63.3 Å². The van der Waals surface area contributed by atoms with E-state index in [1.54, 1.807) is 43.5 Å². The highest BCUT2D eigenvalue weighted by molar-refractivity contribution is 6.03. The number of nitrogens with one attached hydrogen (secondary N) is 1. The number of benzene rings is 2. The van der Waals surface area contributed by atoms with E-state index in [4.69, 9.17) is 14.2 Å². The Kier molecular flexibility index (Phi) is 8.16. The molecule has 2 atom stereocenters. The van der Waals surface area contributed by atoms with Crippen LogP contribution < -0.4 is 5.32 Å². The number of ether oxygens (including phenoxy) is 3. The summed E-state index contributed by atoms with van der Waals surface area (Å²) >= 11 is 0. The second-order valence-corrected chi connectivity index (χ2v) is 7.83.